The Balaban J connectivity index is 2.21. The van der Waals surface area contributed by atoms with Crippen LogP contribution in [0, 0.1) is 0 Å². The molecule has 208 valence electrons. The van der Waals surface area contributed by atoms with E-state index in [1.807, 2.05) is 0 Å². The molecule has 0 radical (unpaired) electrons. The second kappa shape index (κ2) is 14.5. The first kappa shape index (κ1) is 30.0. The number of aliphatic carboxylic acids is 2. The molecule has 14 nitrogen and oxygen atoms in total. The van der Waals surface area contributed by atoms with Crippen molar-refractivity contribution in [2.24, 2.45) is 5.73 Å². The quantitative estimate of drug-likeness (QED) is 0.127. The number of carboxylic acids is 2. The van der Waals surface area contributed by atoms with Crippen molar-refractivity contribution in [3.8, 4) is 5.75 Å². The molecule has 0 saturated carbocycles. The van der Waals surface area contributed by atoms with Crippen molar-refractivity contribution in [1.82, 2.24) is 21.3 Å². The van der Waals surface area contributed by atoms with Crippen molar-refractivity contribution in [1.29, 1.82) is 0 Å². The standard InChI is InChI=1S/C24H33N5O9/c25-19(31)9-7-16(22(35)28-17(24(37)38)8-10-20(32)33)27-23(36)18(12-13-3-5-14(30)6-4-13)29-21(34)15-2-1-11-26-15/h3-6,15-18,26,30H,1-2,7-12H2,(H2,25,31)(H,27,36)(H,28,35)(H,29,34)(H,32,33)(H,37,38). The summed E-state index contributed by atoms with van der Waals surface area (Å²) in [5.41, 5.74) is 5.78. The molecular formula is C24H33N5O9. The van der Waals surface area contributed by atoms with Gasteiger partial charge in [0.15, 0.2) is 0 Å². The molecule has 0 aliphatic carbocycles. The zero-order valence-corrected chi connectivity index (χ0v) is 20.6. The van der Waals surface area contributed by atoms with Crippen LogP contribution in [0.5, 0.6) is 5.75 Å². The maximum absolute atomic E-state index is 13.3. The number of rotatable bonds is 15. The Morgan fingerprint density at radius 3 is 2.05 bits per heavy atom. The first-order valence-corrected chi connectivity index (χ1v) is 12.1. The van der Waals surface area contributed by atoms with Crippen LogP contribution in [0.4, 0.5) is 0 Å². The molecule has 0 spiro atoms. The minimum absolute atomic E-state index is 0.00505. The van der Waals surface area contributed by atoms with Crippen LogP contribution in [0.15, 0.2) is 24.3 Å². The lowest BCUT2D eigenvalue weighted by atomic mass is 10.0. The molecule has 4 amide bonds. The zero-order chi connectivity index (χ0) is 28.2. The second-order valence-electron chi connectivity index (χ2n) is 8.98. The van der Waals surface area contributed by atoms with Gasteiger partial charge in [-0.05, 0) is 49.9 Å². The lowest BCUT2D eigenvalue weighted by Crippen LogP contribution is -2.57. The summed E-state index contributed by atoms with van der Waals surface area (Å²) in [6.45, 7) is 0.648. The monoisotopic (exact) mass is 535 g/mol. The van der Waals surface area contributed by atoms with Crippen molar-refractivity contribution in [2.45, 2.75) is 69.1 Å². The number of primary amides is 1. The molecule has 1 aromatic carbocycles. The number of phenolic OH excluding ortho intramolecular Hbond substituents is 1. The van der Waals surface area contributed by atoms with Gasteiger partial charge in [0.2, 0.25) is 23.6 Å². The number of amides is 4. The van der Waals surface area contributed by atoms with Gasteiger partial charge in [-0.2, -0.15) is 0 Å². The molecule has 38 heavy (non-hydrogen) atoms. The van der Waals surface area contributed by atoms with Gasteiger partial charge in [0.05, 0.1) is 6.04 Å². The molecule has 4 atom stereocenters. The van der Waals surface area contributed by atoms with E-state index >= 15 is 0 Å². The normalized spacial score (nSPS) is 17.0. The summed E-state index contributed by atoms with van der Waals surface area (Å²) in [5.74, 6) is -5.63. The minimum Gasteiger partial charge on any atom is -0.508 e. The Labute approximate surface area is 218 Å². The molecule has 14 heteroatoms. The third kappa shape index (κ3) is 10.0. The molecule has 2 rings (SSSR count). The van der Waals surface area contributed by atoms with Crippen molar-refractivity contribution in [3.05, 3.63) is 29.8 Å². The van der Waals surface area contributed by atoms with Crippen LogP contribution in [0.1, 0.15) is 44.1 Å². The van der Waals surface area contributed by atoms with Crippen molar-refractivity contribution < 1.29 is 44.1 Å². The van der Waals surface area contributed by atoms with Crippen molar-refractivity contribution in [3.63, 3.8) is 0 Å². The Hall–Kier alpha value is -4.20. The fraction of sp³-hybridized carbons (Fsp3) is 0.500. The zero-order valence-electron chi connectivity index (χ0n) is 20.6. The van der Waals surface area contributed by atoms with E-state index in [2.05, 4.69) is 21.3 Å². The second-order valence-corrected chi connectivity index (χ2v) is 8.98. The lowest BCUT2D eigenvalue weighted by Gasteiger charge is -2.25. The number of nitrogens with two attached hydrogens (primary N) is 1. The van der Waals surface area contributed by atoms with E-state index in [0.29, 0.717) is 18.5 Å². The molecule has 1 saturated heterocycles. The van der Waals surface area contributed by atoms with Crippen LogP contribution >= 0.6 is 0 Å². The number of phenols is 1. The van der Waals surface area contributed by atoms with Crippen LogP contribution in [0.25, 0.3) is 0 Å². The van der Waals surface area contributed by atoms with E-state index in [0.717, 1.165) is 6.42 Å². The van der Waals surface area contributed by atoms with Gasteiger partial charge in [-0.3, -0.25) is 24.0 Å². The van der Waals surface area contributed by atoms with E-state index in [4.69, 9.17) is 10.8 Å². The summed E-state index contributed by atoms with van der Waals surface area (Å²) >= 11 is 0. The van der Waals surface area contributed by atoms with E-state index < -0.39 is 72.6 Å². The maximum Gasteiger partial charge on any atom is 0.326 e. The van der Waals surface area contributed by atoms with Crippen LogP contribution < -0.4 is 27.0 Å². The third-order valence-electron chi connectivity index (χ3n) is 5.96. The molecule has 0 bridgehead atoms. The van der Waals surface area contributed by atoms with Crippen molar-refractivity contribution >= 4 is 35.6 Å². The predicted octanol–water partition coefficient (Wildman–Crippen LogP) is -1.64. The molecule has 9 N–H and O–H groups in total. The largest absolute Gasteiger partial charge is 0.508 e. The molecule has 4 unspecified atom stereocenters. The van der Waals surface area contributed by atoms with Gasteiger partial charge < -0.3 is 42.3 Å². The molecule has 1 heterocycles. The van der Waals surface area contributed by atoms with Gasteiger partial charge in [-0.1, -0.05) is 12.1 Å². The summed E-state index contributed by atoms with van der Waals surface area (Å²) in [5, 5.41) is 38.1. The molecule has 1 aromatic rings. The number of nitrogens with one attached hydrogen (secondary N) is 4. The van der Waals surface area contributed by atoms with Gasteiger partial charge in [-0.15, -0.1) is 0 Å². The Morgan fingerprint density at radius 2 is 1.50 bits per heavy atom. The smallest absolute Gasteiger partial charge is 0.326 e. The van der Waals surface area contributed by atoms with Gasteiger partial charge in [0, 0.05) is 19.3 Å². The molecule has 1 aliphatic rings. The number of hydrogen-bond acceptors (Lipinski definition) is 8. The van der Waals surface area contributed by atoms with Crippen LogP contribution in [-0.4, -0.2) is 81.6 Å². The fourth-order valence-electron chi connectivity index (χ4n) is 3.88. The topological polar surface area (TPSA) is 237 Å². The number of carboxylic acid groups (broad SMARTS) is 2. The molecule has 1 aliphatic heterocycles. The summed E-state index contributed by atoms with van der Waals surface area (Å²) in [6, 6.07) is 1.36. The molecule has 1 fully saturated rings. The Bertz CT molecular complexity index is 1020. The highest BCUT2D eigenvalue weighted by atomic mass is 16.4. The van der Waals surface area contributed by atoms with E-state index in [1.165, 1.54) is 12.1 Å². The average molecular weight is 536 g/mol. The van der Waals surface area contributed by atoms with Gasteiger partial charge in [0.1, 0.15) is 23.9 Å². The Morgan fingerprint density at radius 1 is 0.895 bits per heavy atom. The number of aromatic hydroxyl groups is 1. The molecule has 0 aromatic heterocycles. The van der Waals surface area contributed by atoms with Gasteiger partial charge >= 0.3 is 11.9 Å². The lowest BCUT2D eigenvalue weighted by molar-refractivity contribution is -0.143. The maximum atomic E-state index is 13.3. The highest BCUT2D eigenvalue weighted by molar-refractivity contribution is 5.94. The molecular weight excluding hydrogens is 502 g/mol. The third-order valence-corrected chi connectivity index (χ3v) is 5.96. The van der Waals surface area contributed by atoms with E-state index in [1.54, 1.807) is 12.1 Å². The summed E-state index contributed by atoms with van der Waals surface area (Å²) < 4.78 is 0. The van der Waals surface area contributed by atoms with Crippen LogP contribution in [0.2, 0.25) is 0 Å². The summed E-state index contributed by atoms with van der Waals surface area (Å²) in [7, 11) is 0. The van der Waals surface area contributed by atoms with Gasteiger partial charge in [-0.25, -0.2) is 4.79 Å². The fourth-order valence-corrected chi connectivity index (χ4v) is 3.88. The first-order chi connectivity index (χ1) is 18.0. The summed E-state index contributed by atoms with van der Waals surface area (Å²) in [6.07, 6.45) is -0.128. The first-order valence-electron chi connectivity index (χ1n) is 12.1. The number of hydrogen-bond donors (Lipinski definition) is 8. The van der Waals surface area contributed by atoms with E-state index in [9.17, 15) is 39.0 Å². The minimum atomic E-state index is -1.55. The highest BCUT2D eigenvalue weighted by Crippen LogP contribution is 2.13. The summed E-state index contributed by atoms with van der Waals surface area (Å²) in [4.78, 5) is 72.6. The number of benzene rings is 1. The van der Waals surface area contributed by atoms with Crippen LogP contribution in [-0.2, 0) is 35.2 Å². The van der Waals surface area contributed by atoms with E-state index in [-0.39, 0.29) is 25.0 Å². The SMILES string of the molecule is NC(=O)CCC(NC(=O)C(Cc1ccc(O)cc1)NC(=O)C1CCCN1)C(=O)NC(CCC(=O)O)C(=O)O. The Kier molecular flexibility index (Phi) is 11.5. The van der Waals surface area contributed by atoms with Crippen LogP contribution in [0.3, 0.4) is 0 Å². The van der Waals surface area contributed by atoms with Crippen molar-refractivity contribution in [2.75, 3.05) is 6.54 Å². The van der Waals surface area contributed by atoms with Gasteiger partial charge in [0.25, 0.3) is 0 Å². The highest BCUT2D eigenvalue weighted by Gasteiger charge is 2.32. The number of carbonyl (C=O) groups is 6. The predicted molar refractivity (Wildman–Crippen MR) is 132 cm³/mol. The number of carbonyl (C=O) groups excluding carboxylic acids is 4. The average Bonchev–Trinajstić information content (AvgIpc) is 3.39.